The first kappa shape index (κ1) is 17.5. The number of aromatic nitrogens is 2. The van der Waals surface area contributed by atoms with E-state index in [4.69, 9.17) is 16.3 Å². The summed E-state index contributed by atoms with van der Waals surface area (Å²) in [6, 6.07) is 10.5. The zero-order chi connectivity index (χ0) is 18.0. The van der Waals surface area contributed by atoms with E-state index in [1.54, 1.807) is 18.2 Å². The Kier molecular flexibility index (Phi) is 4.80. The van der Waals surface area contributed by atoms with E-state index in [2.05, 4.69) is 14.9 Å². The van der Waals surface area contributed by atoms with Gasteiger partial charge in [-0.1, -0.05) is 11.6 Å². The fraction of sp³-hybridized carbons (Fsp3) is 0.0667. The van der Waals surface area contributed by atoms with Gasteiger partial charge in [-0.05, 0) is 36.4 Å². The molecule has 2 N–H and O–H groups in total. The third-order valence-electron chi connectivity index (χ3n) is 3.18. The number of hydrogen-bond donors (Lipinski definition) is 2. The van der Waals surface area contributed by atoms with Gasteiger partial charge in [0.2, 0.25) is 0 Å². The smallest absolute Gasteiger partial charge is 0.271 e. The summed E-state index contributed by atoms with van der Waals surface area (Å²) in [5, 5.41) is 6.50. The van der Waals surface area contributed by atoms with Gasteiger partial charge < -0.3 is 4.74 Å². The minimum Gasteiger partial charge on any atom is -0.495 e. The number of thiophene rings is 1. The van der Waals surface area contributed by atoms with E-state index in [1.807, 2.05) is 0 Å². The second-order valence-corrected chi connectivity index (χ2v) is 8.28. The largest absolute Gasteiger partial charge is 0.495 e. The van der Waals surface area contributed by atoms with E-state index in [0.717, 1.165) is 11.3 Å². The molecular formula is C15H12ClN3O4S2. The zero-order valence-corrected chi connectivity index (χ0v) is 15.2. The normalized spacial score (nSPS) is 11.3. The van der Waals surface area contributed by atoms with Crippen LogP contribution in [0.4, 0.5) is 5.69 Å². The Labute approximate surface area is 152 Å². The molecule has 0 unspecified atom stereocenters. The quantitative estimate of drug-likeness (QED) is 0.689. The molecule has 3 rings (SSSR count). The molecule has 0 fully saturated rings. The molecule has 3 aromatic rings. The van der Waals surface area contributed by atoms with E-state index in [9.17, 15) is 13.2 Å². The van der Waals surface area contributed by atoms with Crippen molar-refractivity contribution in [1.82, 2.24) is 10.2 Å². The molecule has 25 heavy (non-hydrogen) atoms. The van der Waals surface area contributed by atoms with E-state index in [1.165, 1.54) is 31.4 Å². The molecule has 2 heterocycles. The molecular weight excluding hydrogens is 386 g/mol. The molecule has 2 aromatic heterocycles. The molecule has 0 aliphatic carbocycles. The SMILES string of the molecule is COc1ccc(NS(=O)(=O)c2ccc(-c3ccc(=O)[nH]n3)s2)cc1Cl. The third kappa shape index (κ3) is 3.84. The van der Waals surface area contributed by atoms with Crippen molar-refractivity contribution in [3.8, 4) is 16.3 Å². The van der Waals surface area contributed by atoms with Crippen LogP contribution in [0, 0.1) is 0 Å². The van der Waals surface area contributed by atoms with Crippen LogP contribution in [0.3, 0.4) is 0 Å². The number of H-pyrrole nitrogens is 1. The van der Waals surface area contributed by atoms with E-state index >= 15 is 0 Å². The monoisotopic (exact) mass is 397 g/mol. The Balaban J connectivity index is 1.87. The highest BCUT2D eigenvalue weighted by Gasteiger charge is 2.18. The van der Waals surface area contributed by atoms with Gasteiger partial charge in [0.15, 0.2) is 0 Å². The van der Waals surface area contributed by atoms with Crippen LogP contribution in [0.1, 0.15) is 0 Å². The summed E-state index contributed by atoms with van der Waals surface area (Å²) < 4.78 is 32.6. The summed E-state index contributed by atoms with van der Waals surface area (Å²) in [6.07, 6.45) is 0. The summed E-state index contributed by atoms with van der Waals surface area (Å²) in [4.78, 5) is 11.7. The topological polar surface area (TPSA) is 101 Å². The number of hydrogen-bond acceptors (Lipinski definition) is 6. The number of aromatic amines is 1. The van der Waals surface area contributed by atoms with Gasteiger partial charge in [-0.3, -0.25) is 9.52 Å². The van der Waals surface area contributed by atoms with Crippen molar-refractivity contribution in [3.63, 3.8) is 0 Å². The van der Waals surface area contributed by atoms with E-state index in [0.29, 0.717) is 27.0 Å². The zero-order valence-electron chi connectivity index (χ0n) is 12.8. The van der Waals surface area contributed by atoms with Crippen molar-refractivity contribution in [2.24, 2.45) is 0 Å². The van der Waals surface area contributed by atoms with Crippen LogP contribution in [0.25, 0.3) is 10.6 Å². The highest BCUT2D eigenvalue weighted by atomic mass is 35.5. The van der Waals surface area contributed by atoms with E-state index < -0.39 is 10.0 Å². The standard InChI is InChI=1S/C15H12ClN3O4S2/c1-23-12-4-2-9(8-10(12)16)19-25(21,22)15-7-5-13(24-15)11-3-6-14(20)18-17-11/h2-8,19H,1H3,(H,18,20). The molecule has 130 valence electrons. The number of nitrogens with zero attached hydrogens (tertiary/aromatic N) is 1. The maximum Gasteiger partial charge on any atom is 0.271 e. The maximum atomic E-state index is 12.5. The number of rotatable bonds is 5. The lowest BCUT2D eigenvalue weighted by Gasteiger charge is -2.08. The number of ether oxygens (including phenoxy) is 1. The average Bonchev–Trinajstić information content (AvgIpc) is 3.06. The van der Waals surface area contributed by atoms with Crippen molar-refractivity contribution in [3.05, 3.63) is 57.8 Å². The number of benzene rings is 1. The number of methoxy groups -OCH3 is 1. The van der Waals surface area contributed by atoms with Crippen LogP contribution in [0.5, 0.6) is 5.75 Å². The van der Waals surface area contributed by atoms with Crippen molar-refractivity contribution in [2.75, 3.05) is 11.8 Å². The second-order valence-electron chi connectivity index (χ2n) is 4.88. The highest BCUT2D eigenvalue weighted by molar-refractivity contribution is 7.94. The first-order valence-electron chi connectivity index (χ1n) is 6.91. The predicted molar refractivity (Wildman–Crippen MR) is 97.0 cm³/mol. The van der Waals surface area contributed by atoms with Gasteiger partial charge in [-0.2, -0.15) is 5.10 Å². The molecule has 0 radical (unpaired) electrons. The Morgan fingerprint density at radius 3 is 2.64 bits per heavy atom. The molecule has 0 saturated carbocycles. The van der Waals surface area contributed by atoms with Gasteiger partial charge in [0.1, 0.15) is 15.7 Å². The van der Waals surface area contributed by atoms with Crippen LogP contribution in [0.2, 0.25) is 5.02 Å². The minimum absolute atomic E-state index is 0.113. The average molecular weight is 398 g/mol. The summed E-state index contributed by atoms with van der Waals surface area (Å²) in [5.41, 5.74) is 0.479. The van der Waals surface area contributed by atoms with Gasteiger partial charge in [0.25, 0.3) is 15.6 Å². The molecule has 0 aliphatic rings. The molecule has 0 atom stereocenters. The minimum atomic E-state index is -3.78. The van der Waals surface area contributed by atoms with Gasteiger partial charge in [-0.25, -0.2) is 13.5 Å². The number of sulfonamides is 1. The lowest BCUT2D eigenvalue weighted by molar-refractivity contribution is 0.415. The summed E-state index contributed by atoms with van der Waals surface area (Å²) in [7, 11) is -2.30. The third-order valence-corrected chi connectivity index (χ3v) is 6.46. The molecule has 0 aliphatic heterocycles. The van der Waals surface area contributed by atoms with Gasteiger partial charge >= 0.3 is 0 Å². The van der Waals surface area contributed by atoms with Crippen molar-refractivity contribution >= 4 is 38.6 Å². The Morgan fingerprint density at radius 1 is 1.20 bits per heavy atom. The van der Waals surface area contributed by atoms with Crippen LogP contribution >= 0.6 is 22.9 Å². The molecule has 10 heteroatoms. The van der Waals surface area contributed by atoms with Crippen molar-refractivity contribution in [2.45, 2.75) is 4.21 Å². The number of anilines is 1. The molecule has 7 nitrogen and oxygen atoms in total. The van der Waals surface area contributed by atoms with Gasteiger partial charge in [0.05, 0.1) is 22.7 Å². The number of nitrogens with one attached hydrogen (secondary N) is 2. The first-order valence-corrected chi connectivity index (χ1v) is 9.59. The molecule has 0 amide bonds. The van der Waals surface area contributed by atoms with Gasteiger partial charge in [0, 0.05) is 6.07 Å². The van der Waals surface area contributed by atoms with Crippen molar-refractivity contribution < 1.29 is 13.2 Å². The molecule has 0 bridgehead atoms. The molecule has 0 saturated heterocycles. The molecule has 0 spiro atoms. The van der Waals surface area contributed by atoms with Crippen LogP contribution in [0.15, 0.2) is 51.5 Å². The second kappa shape index (κ2) is 6.87. The Hall–Kier alpha value is -2.36. The number of halogens is 1. The summed E-state index contributed by atoms with van der Waals surface area (Å²) in [5.74, 6) is 0.451. The molecule has 1 aromatic carbocycles. The fourth-order valence-electron chi connectivity index (χ4n) is 2.02. The van der Waals surface area contributed by atoms with Crippen LogP contribution in [-0.2, 0) is 10.0 Å². The summed E-state index contributed by atoms with van der Waals surface area (Å²) >= 11 is 7.04. The van der Waals surface area contributed by atoms with Crippen molar-refractivity contribution in [1.29, 1.82) is 0 Å². The van der Waals surface area contributed by atoms with E-state index in [-0.39, 0.29) is 9.77 Å². The maximum absolute atomic E-state index is 12.5. The lowest BCUT2D eigenvalue weighted by Crippen LogP contribution is -2.11. The predicted octanol–water partition coefficient (Wildman–Crippen LogP) is 2.96. The Morgan fingerprint density at radius 2 is 2.00 bits per heavy atom. The lowest BCUT2D eigenvalue weighted by atomic mass is 10.3. The Bertz CT molecular complexity index is 1060. The first-order chi connectivity index (χ1) is 11.9. The van der Waals surface area contributed by atoms with Crippen LogP contribution in [-0.4, -0.2) is 25.7 Å². The van der Waals surface area contributed by atoms with Gasteiger partial charge in [-0.15, -0.1) is 11.3 Å². The van der Waals surface area contributed by atoms with Crippen LogP contribution < -0.4 is 15.0 Å². The fourth-order valence-corrected chi connectivity index (χ4v) is 4.60. The highest BCUT2D eigenvalue weighted by Crippen LogP contribution is 2.32. The summed E-state index contributed by atoms with van der Waals surface area (Å²) in [6.45, 7) is 0.